The lowest BCUT2D eigenvalue weighted by Gasteiger charge is -2.21. The molecule has 0 saturated carbocycles. The fourth-order valence-corrected chi connectivity index (χ4v) is 1.72. The van der Waals surface area contributed by atoms with Crippen LogP contribution in [0.4, 0.5) is 4.39 Å². The second kappa shape index (κ2) is 5.27. The minimum Gasteiger partial charge on any atom is -0.308 e. The molecule has 0 atom stereocenters. The van der Waals surface area contributed by atoms with Gasteiger partial charge in [-0.05, 0) is 26.8 Å². The number of hydrogen-bond acceptors (Lipinski definition) is 3. The Kier molecular flexibility index (Phi) is 3.87. The first-order valence-electron chi connectivity index (χ1n) is 5.95. The standard InChI is InChI=1S/C13H16ClFN4/c1-13(2,3)17-5-9-4-11(15)7-16-12(9)19-8-10(14)6-18-19/h4,6-8,17H,5H2,1-3H3. The highest BCUT2D eigenvalue weighted by Crippen LogP contribution is 2.16. The van der Waals surface area contributed by atoms with Crippen molar-refractivity contribution < 1.29 is 4.39 Å². The highest BCUT2D eigenvalue weighted by Gasteiger charge is 2.13. The van der Waals surface area contributed by atoms with Crippen molar-refractivity contribution in [3.05, 3.63) is 41.1 Å². The van der Waals surface area contributed by atoms with E-state index >= 15 is 0 Å². The summed E-state index contributed by atoms with van der Waals surface area (Å²) in [6.45, 7) is 6.64. The van der Waals surface area contributed by atoms with Crippen LogP contribution in [0.3, 0.4) is 0 Å². The van der Waals surface area contributed by atoms with Gasteiger partial charge in [-0.2, -0.15) is 5.10 Å². The van der Waals surface area contributed by atoms with Gasteiger partial charge in [-0.1, -0.05) is 11.6 Å². The van der Waals surface area contributed by atoms with Crippen LogP contribution in [0.1, 0.15) is 26.3 Å². The molecule has 0 aliphatic heterocycles. The van der Waals surface area contributed by atoms with Crippen LogP contribution < -0.4 is 5.32 Å². The van der Waals surface area contributed by atoms with E-state index in [1.165, 1.54) is 18.5 Å². The average molecular weight is 283 g/mol. The molecule has 0 amide bonds. The summed E-state index contributed by atoms with van der Waals surface area (Å²) < 4.78 is 14.9. The van der Waals surface area contributed by atoms with Crippen molar-refractivity contribution in [1.29, 1.82) is 0 Å². The van der Waals surface area contributed by atoms with Crippen LogP contribution in [-0.2, 0) is 6.54 Å². The van der Waals surface area contributed by atoms with Crippen LogP contribution in [0.2, 0.25) is 5.02 Å². The molecular formula is C13H16ClFN4. The van der Waals surface area contributed by atoms with E-state index in [0.29, 0.717) is 17.4 Å². The molecule has 4 nitrogen and oxygen atoms in total. The highest BCUT2D eigenvalue weighted by molar-refractivity contribution is 6.30. The van der Waals surface area contributed by atoms with Crippen LogP contribution in [0.25, 0.3) is 5.82 Å². The van der Waals surface area contributed by atoms with Gasteiger partial charge < -0.3 is 5.32 Å². The van der Waals surface area contributed by atoms with Gasteiger partial charge in [0.05, 0.1) is 23.6 Å². The molecule has 2 aromatic heterocycles. The molecule has 0 spiro atoms. The SMILES string of the molecule is CC(C)(C)NCc1cc(F)cnc1-n1cc(Cl)cn1. The number of rotatable bonds is 3. The molecule has 0 aliphatic rings. The zero-order valence-corrected chi connectivity index (χ0v) is 11.9. The lowest BCUT2D eigenvalue weighted by molar-refractivity contribution is 0.422. The van der Waals surface area contributed by atoms with Crippen molar-refractivity contribution in [2.75, 3.05) is 0 Å². The summed E-state index contributed by atoms with van der Waals surface area (Å²) >= 11 is 5.84. The van der Waals surface area contributed by atoms with Crippen LogP contribution in [-0.4, -0.2) is 20.3 Å². The van der Waals surface area contributed by atoms with Gasteiger partial charge in [-0.15, -0.1) is 0 Å². The van der Waals surface area contributed by atoms with Crippen molar-refractivity contribution in [1.82, 2.24) is 20.1 Å². The molecule has 0 saturated heterocycles. The van der Waals surface area contributed by atoms with Crippen LogP contribution >= 0.6 is 11.6 Å². The Bertz CT molecular complexity index is 574. The molecule has 102 valence electrons. The van der Waals surface area contributed by atoms with Gasteiger partial charge in [0.1, 0.15) is 5.82 Å². The summed E-state index contributed by atoms with van der Waals surface area (Å²) in [6.07, 6.45) is 4.33. The molecule has 0 unspecified atom stereocenters. The molecule has 2 heterocycles. The third-order valence-corrected chi connectivity index (χ3v) is 2.68. The molecule has 0 fully saturated rings. The Morgan fingerprint density at radius 2 is 2.11 bits per heavy atom. The molecule has 0 radical (unpaired) electrons. The first-order chi connectivity index (χ1) is 8.85. The largest absolute Gasteiger partial charge is 0.308 e. The second-order valence-corrected chi connectivity index (χ2v) is 5.78. The zero-order valence-electron chi connectivity index (χ0n) is 11.1. The van der Waals surface area contributed by atoms with Crippen molar-refractivity contribution in [2.45, 2.75) is 32.9 Å². The van der Waals surface area contributed by atoms with E-state index in [9.17, 15) is 4.39 Å². The minimum absolute atomic E-state index is 0.0641. The van der Waals surface area contributed by atoms with E-state index < -0.39 is 0 Å². The minimum atomic E-state index is -0.368. The third kappa shape index (κ3) is 3.75. The Labute approximate surface area is 116 Å². The van der Waals surface area contributed by atoms with Gasteiger partial charge in [0.25, 0.3) is 0 Å². The lowest BCUT2D eigenvalue weighted by atomic mass is 10.1. The molecule has 6 heteroatoms. The first kappa shape index (κ1) is 14.0. The van der Waals surface area contributed by atoms with Crippen molar-refractivity contribution >= 4 is 11.6 Å². The van der Waals surface area contributed by atoms with E-state index in [4.69, 9.17) is 11.6 Å². The number of nitrogens with one attached hydrogen (secondary N) is 1. The Morgan fingerprint density at radius 1 is 1.37 bits per heavy atom. The maximum Gasteiger partial charge on any atom is 0.158 e. The zero-order chi connectivity index (χ0) is 14.0. The third-order valence-electron chi connectivity index (χ3n) is 2.49. The molecule has 0 bridgehead atoms. The van der Waals surface area contributed by atoms with Crippen molar-refractivity contribution in [2.24, 2.45) is 0 Å². The maximum atomic E-state index is 13.3. The van der Waals surface area contributed by atoms with Gasteiger partial charge in [0.2, 0.25) is 0 Å². The topological polar surface area (TPSA) is 42.7 Å². The fraction of sp³-hybridized carbons (Fsp3) is 0.385. The number of aromatic nitrogens is 3. The summed E-state index contributed by atoms with van der Waals surface area (Å²) in [4.78, 5) is 4.09. The van der Waals surface area contributed by atoms with E-state index in [-0.39, 0.29) is 11.4 Å². The summed E-state index contributed by atoms with van der Waals surface area (Å²) in [5.41, 5.74) is 0.667. The summed E-state index contributed by atoms with van der Waals surface area (Å²) in [7, 11) is 0. The average Bonchev–Trinajstić information content (AvgIpc) is 2.72. The number of halogens is 2. The lowest BCUT2D eigenvalue weighted by Crippen LogP contribution is -2.35. The van der Waals surface area contributed by atoms with Crippen LogP contribution in [0.5, 0.6) is 0 Å². The monoisotopic (exact) mass is 282 g/mol. The summed E-state index contributed by atoms with van der Waals surface area (Å²) in [5.74, 6) is 0.206. The van der Waals surface area contributed by atoms with E-state index in [1.54, 1.807) is 10.9 Å². The predicted molar refractivity (Wildman–Crippen MR) is 72.9 cm³/mol. The van der Waals surface area contributed by atoms with Gasteiger partial charge in [-0.3, -0.25) is 0 Å². The number of nitrogens with zero attached hydrogens (tertiary/aromatic N) is 3. The first-order valence-corrected chi connectivity index (χ1v) is 6.33. The maximum absolute atomic E-state index is 13.3. The van der Waals surface area contributed by atoms with E-state index in [1.807, 2.05) is 20.8 Å². The van der Waals surface area contributed by atoms with Crippen molar-refractivity contribution in [3.8, 4) is 5.82 Å². The normalized spacial score (nSPS) is 11.8. The highest BCUT2D eigenvalue weighted by atomic mass is 35.5. The molecule has 0 aliphatic carbocycles. The Hall–Kier alpha value is -1.46. The molecular weight excluding hydrogens is 267 g/mol. The second-order valence-electron chi connectivity index (χ2n) is 5.34. The Morgan fingerprint density at radius 3 is 2.68 bits per heavy atom. The van der Waals surface area contributed by atoms with E-state index in [2.05, 4.69) is 15.4 Å². The summed E-state index contributed by atoms with van der Waals surface area (Å²) in [5, 5.41) is 7.91. The predicted octanol–water partition coefficient (Wildman–Crippen LogP) is 2.95. The fourth-order valence-electron chi connectivity index (χ4n) is 1.59. The molecule has 19 heavy (non-hydrogen) atoms. The smallest absolute Gasteiger partial charge is 0.158 e. The van der Waals surface area contributed by atoms with Crippen molar-refractivity contribution in [3.63, 3.8) is 0 Å². The molecule has 2 aromatic rings. The molecule has 1 N–H and O–H groups in total. The van der Waals surface area contributed by atoms with E-state index in [0.717, 1.165) is 5.56 Å². The van der Waals surface area contributed by atoms with Gasteiger partial charge in [-0.25, -0.2) is 14.1 Å². The summed E-state index contributed by atoms with van der Waals surface area (Å²) in [6, 6.07) is 1.46. The number of hydrogen-bond donors (Lipinski definition) is 1. The van der Waals surface area contributed by atoms with Gasteiger partial charge >= 0.3 is 0 Å². The Balaban J connectivity index is 2.33. The number of pyridine rings is 1. The van der Waals surface area contributed by atoms with Crippen LogP contribution in [0.15, 0.2) is 24.7 Å². The molecule has 0 aromatic carbocycles. The quantitative estimate of drug-likeness (QED) is 0.941. The van der Waals surface area contributed by atoms with Crippen LogP contribution in [0, 0.1) is 5.82 Å². The molecule has 2 rings (SSSR count). The van der Waals surface area contributed by atoms with Gasteiger partial charge in [0, 0.05) is 17.6 Å². The van der Waals surface area contributed by atoms with Gasteiger partial charge in [0.15, 0.2) is 5.82 Å².